The Hall–Kier alpha value is -2.13. The summed E-state index contributed by atoms with van der Waals surface area (Å²) in [5.41, 5.74) is 3.15. The largest absolute Gasteiger partial charge is 0.367 e. The number of amides is 1. The Balaban J connectivity index is 1.77. The molecule has 3 nitrogen and oxygen atoms in total. The van der Waals surface area contributed by atoms with E-state index in [1.807, 2.05) is 48.5 Å². The summed E-state index contributed by atoms with van der Waals surface area (Å²) in [6, 6.07) is 17.9. The van der Waals surface area contributed by atoms with E-state index in [1.165, 1.54) is 5.56 Å². The van der Waals surface area contributed by atoms with Crippen LogP contribution in [0.1, 0.15) is 31.4 Å². The number of anilines is 1. The first-order valence-corrected chi connectivity index (χ1v) is 8.14. The molecule has 2 aromatic rings. The van der Waals surface area contributed by atoms with Gasteiger partial charge in [0.15, 0.2) is 0 Å². The van der Waals surface area contributed by atoms with E-state index in [-0.39, 0.29) is 12.5 Å². The molecule has 0 spiro atoms. The second-order valence-electron chi connectivity index (χ2n) is 6.16. The second-order valence-corrected chi connectivity index (χ2v) is 6.16. The fourth-order valence-electron chi connectivity index (χ4n) is 2.29. The number of aryl methyl sites for hydroxylation is 1. The van der Waals surface area contributed by atoms with Crippen LogP contribution >= 0.6 is 0 Å². The highest BCUT2D eigenvalue weighted by atomic mass is 16.5. The van der Waals surface area contributed by atoms with Crippen molar-refractivity contribution in [3.63, 3.8) is 0 Å². The van der Waals surface area contributed by atoms with Gasteiger partial charge in [-0.25, -0.2) is 0 Å². The zero-order valence-corrected chi connectivity index (χ0v) is 13.9. The first-order valence-electron chi connectivity index (χ1n) is 8.14. The standard InChI is InChI=1S/C20H25NO2/c1-16(2)11-12-17-9-6-10-19(13-17)21-20(22)15-23-14-18-7-4-3-5-8-18/h3-10,13,16H,11-12,14-15H2,1-2H3,(H,21,22). The van der Waals surface area contributed by atoms with Gasteiger partial charge in [-0.05, 0) is 42.0 Å². The van der Waals surface area contributed by atoms with E-state index >= 15 is 0 Å². The smallest absolute Gasteiger partial charge is 0.250 e. The quantitative estimate of drug-likeness (QED) is 0.783. The molecule has 0 saturated heterocycles. The molecule has 1 N–H and O–H groups in total. The van der Waals surface area contributed by atoms with E-state index in [0.29, 0.717) is 12.5 Å². The number of carbonyl (C=O) groups is 1. The van der Waals surface area contributed by atoms with Gasteiger partial charge in [0, 0.05) is 5.69 Å². The van der Waals surface area contributed by atoms with Gasteiger partial charge in [-0.1, -0.05) is 56.3 Å². The van der Waals surface area contributed by atoms with Crippen LogP contribution in [0, 0.1) is 5.92 Å². The maximum atomic E-state index is 11.9. The van der Waals surface area contributed by atoms with Crippen molar-refractivity contribution >= 4 is 11.6 Å². The van der Waals surface area contributed by atoms with Crippen LogP contribution in [-0.2, 0) is 22.6 Å². The highest BCUT2D eigenvalue weighted by Gasteiger charge is 2.04. The summed E-state index contributed by atoms with van der Waals surface area (Å²) in [5, 5.41) is 2.89. The molecule has 1 amide bonds. The molecule has 0 aromatic heterocycles. The summed E-state index contributed by atoms with van der Waals surface area (Å²) in [6.45, 7) is 4.94. The fraction of sp³-hybridized carbons (Fsp3) is 0.350. The van der Waals surface area contributed by atoms with Crippen molar-refractivity contribution < 1.29 is 9.53 Å². The number of rotatable bonds is 8. The van der Waals surface area contributed by atoms with Crippen molar-refractivity contribution in [2.45, 2.75) is 33.3 Å². The number of ether oxygens (including phenoxy) is 1. The van der Waals surface area contributed by atoms with E-state index < -0.39 is 0 Å². The maximum Gasteiger partial charge on any atom is 0.250 e. The molecule has 0 heterocycles. The predicted molar refractivity (Wildman–Crippen MR) is 94.3 cm³/mol. The molecule has 0 unspecified atom stereocenters. The zero-order valence-electron chi connectivity index (χ0n) is 13.9. The molecule has 0 bridgehead atoms. The molecule has 0 saturated carbocycles. The van der Waals surface area contributed by atoms with Crippen molar-refractivity contribution in [3.05, 3.63) is 65.7 Å². The zero-order chi connectivity index (χ0) is 16.5. The first-order chi connectivity index (χ1) is 11.1. The Bertz CT molecular complexity index is 608. The van der Waals surface area contributed by atoms with E-state index in [0.717, 1.165) is 24.1 Å². The summed E-state index contributed by atoms with van der Waals surface area (Å²) in [4.78, 5) is 11.9. The Morgan fingerprint density at radius 2 is 1.78 bits per heavy atom. The minimum atomic E-state index is -0.123. The van der Waals surface area contributed by atoms with Gasteiger partial charge in [0.2, 0.25) is 5.91 Å². The summed E-state index contributed by atoms with van der Waals surface area (Å²) in [6.07, 6.45) is 2.18. The monoisotopic (exact) mass is 311 g/mol. The van der Waals surface area contributed by atoms with E-state index in [9.17, 15) is 4.79 Å². The number of hydrogen-bond acceptors (Lipinski definition) is 2. The third kappa shape index (κ3) is 6.66. The van der Waals surface area contributed by atoms with Crippen molar-refractivity contribution in [1.82, 2.24) is 0 Å². The van der Waals surface area contributed by atoms with Gasteiger partial charge in [-0.2, -0.15) is 0 Å². The number of carbonyl (C=O) groups excluding carboxylic acids is 1. The number of hydrogen-bond donors (Lipinski definition) is 1. The molecule has 0 aliphatic rings. The fourth-order valence-corrected chi connectivity index (χ4v) is 2.29. The van der Waals surface area contributed by atoms with Crippen LogP contribution in [0.2, 0.25) is 0 Å². The van der Waals surface area contributed by atoms with Crippen molar-refractivity contribution in [1.29, 1.82) is 0 Å². The van der Waals surface area contributed by atoms with Crippen molar-refractivity contribution in [2.24, 2.45) is 5.92 Å². The van der Waals surface area contributed by atoms with E-state index in [1.54, 1.807) is 0 Å². The summed E-state index contributed by atoms with van der Waals surface area (Å²) in [5.74, 6) is 0.557. The second kappa shape index (κ2) is 9.11. The summed E-state index contributed by atoms with van der Waals surface area (Å²) < 4.78 is 5.45. The molecule has 122 valence electrons. The van der Waals surface area contributed by atoms with Gasteiger partial charge in [0.05, 0.1) is 6.61 Å². The molecule has 3 heteroatoms. The molecule has 0 fully saturated rings. The molecule has 0 atom stereocenters. The van der Waals surface area contributed by atoms with Crippen molar-refractivity contribution in [2.75, 3.05) is 11.9 Å². The van der Waals surface area contributed by atoms with Crippen LogP contribution in [0.15, 0.2) is 54.6 Å². The molecule has 0 aliphatic carbocycles. The normalized spacial score (nSPS) is 10.7. The van der Waals surface area contributed by atoms with Crippen LogP contribution < -0.4 is 5.32 Å². The lowest BCUT2D eigenvalue weighted by Gasteiger charge is -2.09. The minimum Gasteiger partial charge on any atom is -0.367 e. The van der Waals surface area contributed by atoms with Gasteiger partial charge >= 0.3 is 0 Å². The maximum absolute atomic E-state index is 11.9. The lowest BCUT2D eigenvalue weighted by Crippen LogP contribution is -2.18. The average Bonchev–Trinajstić information content (AvgIpc) is 2.54. The Morgan fingerprint density at radius 3 is 2.52 bits per heavy atom. The predicted octanol–water partition coefficient (Wildman–Crippen LogP) is 4.43. The van der Waals surface area contributed by atoms with Gasteiger partial charge < -0.3 is 10.1 Å². The van der Waals surface area contributed by atoms with Crippen LogP contribution in [0.5, 0.6) is 0 Å². The van der Waals surface area contributed by atoms with Crippen LogP contribution in [0.25, 0.3) is 0 Å². The minimum absolute atomic E-state index is 0.0606. The molecule has 2 rings (SSSR count). The molecular formula is C20H25NO2. The molecule has 2 aromatic carbocycles. The highest BCUT2D eigenvalue weighted by molar-refractivity contribution is 5.91. The van der Waals surface area contributed by atoms with E-state index in [4.69, 9.17) is 4.74 Å². The molecule has 0 radical (unpaired) electrons. The SMILES string of the molecule is CC(C)CCc1cccc(NC(=O)COCc2ccccc2)c1. The summed E-state index contributed by atoms with van der Waals surface area (Å²) >= 11 is 0. The third-order valence-electron chi connectivity index (χ3n) is 3.57. The Morgan fingerprint density at radius 1 is 1.04 bits per heavy atom. The molecule has 0 aliphatic heterocycles. The Labute approximate surface area is 138 Å². The summed E-state index contributed by atoms with van der Waals surface area (Å²) in [7, 11) is 0. The van der Waals surface area contributed by atoms with Gasteiger partial charge in [-0.3, -0.25) is 4.79 Å². The van der Waals surface area contributed by atoms with Gasteiger partial charge in [0.25, 0.3) is 0 Å². The van der Waals surface area contributed by atoms with Gasteiger partial charge in [0.1, 0.15) is 6.61 Å². The molecular weight excluding hydrogens is 286 g/mol. The first kappa shape index (κ1) is 17.2. The lowest BCUT2D eigenvalue weighted by atomic mass is 10.0. The lowest BCUT2D eigenvalue weighted by molar-refractivity contribution is -0.121. The average molecular weight is 311 g/mol. The van der Waals surface area contributed by atoms with Crippen LogP contribution in [0.4, 0.5) is 5.69 Å². The highest BCUT2D eigenvalue weighted by Crippen LogP contribution is 2.14. The van der Waals surface area contributed by atoms with Crippen LogP contribution in [0.3, 0.4) is 0 Å². The molecule has 23 heavy (non-hydrogen) atoms. The Kier molecular flexibility index (Phi) is 6.82. The van der Waals surface area contributed by atoms with Gasteiger partial charge in [-0.15, -0.1) is 0 Å². The topological polar surface area (TPSA) is 38.3 Å². The number of benzene rings is 2. The third-order valence-corrected chi connectivity index (χ3v) is 3.57. The van der Waals surface area contributed by atoms with E-state index in [2.05, 4.69) is 25.2 Å². The van der Waals surface area contributed by atoms with Crippen LogP contribution in [-0.4, -0.2) is 12.5 Å². The number of nitrogens with one attached hydrogen (secondary N) is 1. The van der Waals surface area contributed by atoms with Crippen molar-refractivity contribution in [3.8, 4) is 0 Å².